The zero-order valence-corrected chi connectivity index (χ0v) is 11.7. The molecular weight excluding hydrogens is 270 g/mol. The van der Waals surface area contributed by atoms with E-state index < -0.39 is 11.9 Å². The first-order valence-electron chi connectivity index (χ1n) is 6.34. The van der Waals surface area contributed by atoms with E-state index in [2.05, 4.69) is 5.32 Å². The van der Waals surface area contributed by atoms with Crippen LogP contribution >= 0.6 is 0 Å². The maximum Gasteiger partial charge on any atom is 0.338 e. The van der Waals surface area contributed by atoms with Crippen LogP contribution in [0.3, 0.4) is 0 Å². The van der Waals surface area contributed by atoms with Crippen LogP contribution < -0.4 is 5.32 Å². The molecule has 0 saturated heterocycles. The summed E-state index contributed by atoms with van der Waals surface area (Å²) in [6.07, 6.45) is 0. The molecule has 0 aliphatic heterocycles. The van der Waals surface area contributed by atoms with Crippen molar-refractivity contribution in [1.82, 2.24) is 0 Å². The zero-order chi connectivity index (χ0) is 15.6. The van der Waals surface area contributed by atoms with Gasteiger partial charge in [0.2, 0.25) is 0 Å². The molecule has 2 rings (SSSR count). The van der Waals surface area contributed by atoms with Gasteiger partial charge in [-0.2, -0.15) is 0 Å². The Bertz CT molecular complexity index is 722. The van der Waals surface area contributed by atoms with Crippen LogP contribution in [0.2, 0.25) is 0 Å². The van der Waals surface area contributed by atoms with Gasteiger partial charge in [0.05, 0.1) is 16.8 Å². The SMILES string of the molecule is Cc1ccc(C(=O)Nc2cccc(C)c2C(=O)O)c(O)c1. The van der Waals surface area contributed by atoms with Gasteiger partial charge in [0.15, 0.2) is 0 Å². The lowest BCUT2D eigenvalue weighted by atomic mass is 10.1. The van der Waals surface area contributed by atoms with Gasteiger partial charge in [0, 0.05) is 0 Å². The summed E-state index contributed by atoms with van der Waals surface area (Å²) in [6.45, 7) is 3.45. The van der Waals surface area contributed by atoms with Crippen LogP contribution in [0.1, 0.15) is 31.8 Å². The average Bonchev–Trinajstić information content (AvgIpc) is 2.37. The maximum absolute atomic E-state index is 12.2. The summed E-state index contributed by atoms with van der Waals surface area (Å²) < 4.78 is 0. The van der Waals surface area contributed by atoms with Gasteiger partial charge in [0.1, 0.15) is 5.75 Å². The second-order valence-corrected chi connectivity index (χ2v) is 4.78. The molecule has 0 radical (unpaired) electrons. The topological polar surface area (TPSA) is 86.6 Å². The number of nitrogens with one attached hydrogen (secondary N) is 1. The second kappa shape index (κ2) is 5.66. The van der Waals surface area contributed by atoms with E-state index in [1.54, 1.807) is 32.0 Å². The number of hydrogen-bond donors (Lipinski definition) is 3. The van der Waals surface area contributed by atoms with E-state index in [0.29, 0.717) is 5.56 Å². The Kier molecular flexibility index (Phi) is 3.93. The standard InChI is InChI=1S/C16H15NO4/c1-9-6-7-11(13(18)8-9)15(19)17-12-5-3-4-10(2)14(12)16(20)21/h3-8,18H,1-2H3,(H,17,19)(H,20,21). The highest BCUT2D eigenvalue weighted by atomic mass is 16.4. The Morgan fingerprint density at radius 3 is 2.43 bits per heavy atom. The average molecular weight is 285 g/mol. The van der Waals surface area contributed by atoms with Crippen molar-refractivity contribution in [2.45, 2.75) is 13.8 Å². The molecule has 5 nitrogen and oxygen atoms in total. The summed E-state index contributed by atoms with van der Waals surface area (Å²) in [4.78, 5) is 23.4. The van der Waals surface area contributed by atoms with Gasteiger partial charge in [-0.3, -0.25) is 4.79 Å². The molecule has 0 aromatic heterocycles. The fraction of sp³-hybridized carbons (Fsp3) is 0.125. The van der Waals surface area contributed by atoms with Crippen molar-refractivity contribution in [1.29, 1.82) is 0 Å². The Labute approximate surface area is 121 Å². The van der Waals surface area contributed by atoms with Crippen molar-refractivity contribution in [3.63, 3.8) is 0 Å². The minimum atomic E-state index is -1.11. The van der Waals surface area contributed by atoms with E-state index in [1.165, 1.54) is 18.2 Å². The van der Waals surface area contributed by atoms with Gasteiger partial charge in [-0.05, 0) is 43.2 Å². The van der Waals surface area contributed by atoms with Crippen LogP contribution in [0.15, 0.2) is 36.4 Å². The molecule has 108 valence electrons. The van der Waals surface area contributed by atoms with E-state index in [-0.39, 0.29) is 22.6 Å². The molecule has 0 unspecified atom stereocenters. The van der Waals surface area contributed by atoms with E-state index >= 15 is 0 Å². The normalized spacial score (nSPS) is 10.2. The number of carbonyl (C=O) groups excluding carboxylic acids is 1. The summed E-state index contributed by atoms with van der Waals surface area (Å²) in [5, 5.41) is 21.5. The van der Waals surface area contributed by atoms with Crippen LogP contribution in [0.5, 0.6) is 5.75 Å². The smallest absolute Gasteiger partial charge is 0.338 e. The number of hydrogen-bond acceptors (Lipinski definition) is 3. The predicted molar refractivity (Wildman–Crippen MR) is 78.9 cm³/mol. The molecular formula is C16H15NO4. The first-order valence-corrected chi connectivity index (χ1v) is 6.34. The number of benzene rings is 2. The molecule has 0 spiro atoms. The minimum Gasteiger partial charge on any atom is -0.507 e. The highest BCUT2D eigenvalue weighted by Gasteiger charge is 2.17. The van der Waals surface area contributed by atoms with Crippen molar-refractivity contribution in [3.05, 3.63) is 58.7 Å². The van der Waals surface area contributed by atoms with Gasteiger partial charge >= 0.3 is 5.97 Å². The van der Waals surface area contributed by atoms with Crippen molar-refractivity contribution in [2.24, 2.45) is 0 Å². The van der Waals surface area contributed by atoms with Gasteiger partial charge in [-0.15, -0.1) is 0 Å². The number of carbonyl (C=O) groups is 2. The van der Waals surface area contributed by atoms with E-state index in [1.807, 2.05) is 0 Å². The van der Waals surface area contributed by atoms with Gasteiger partial charge in [-0.25, -0.2) is 4.79 Å². The van der Waals surface area contributed by atoms with Crippen LogP contribution in [0.4, 0.5) is 5.69 Å². The first kappa shape index (κ1) is 14.6. The molecule has 2 aromatic carbocycles. The molecule has 2 aromatic rings. The quantitative estimate of drug-likeness (QED) is 0.809. The molecule has 0 atom stereocenters. The number of phenolic OH excluding ortho intramolecular Hbond substituents is 1. The summed E-state index contributed by atoms with van der Waals surface area (Å²) in [7, 11) is 0. The highest BCUT2D eigenvalue weighted by molar-refractivity contribution is 6.09. The molecule has 0 fully saturated rings. The van der Waals surface area contributed by atoms with Crippen LogP contribution in [-0.4, -0.2) is 22.1 Å². The van der Waals surface area contributed by atoms with E-state index in [0.717, 1.165) is 5.56 Å². The summed E-state index contributed by atoms with van der Waals surface area (Å²) >= 11 is 0. The molecule has 0 saturated carbocycles. The van der Waals surface area contributed by atoms with Crippen LogP contribution in [0.25, 0.3) is 0 Å². The number of aryl methyl sites for hydroxylation is 2. The first-order chi connectivity index (χ1) is 9.90. The largest absolute Gasteiger partial charge is 0.507 e. The van der Waals surface area contributed by atoms with Crippen LogP contribution in [-0.2, 0) is 0 Å². The highest BCUT2D eigenvalue weighted by Crippen LogP contribution is 2.23. The van der Waals surface area contributed by atoms with Gasteiger partial charge in [0.25, 0.3) is 5.91 Å². The maximum atomic E-state index is 12.2. The molecule has 0 aliphatic rings. The molecule has 5 heteroatoms. The Balaban J connectivity index is 2.36. The second-order valence-electron chi connectivity index (χ2n) is 4.78. The summed E-state index contributed by atoms with van der Waals surface area (Å²) in [5.41, 5.74) is 1.71. The molecule has 3 N–H and O–H groups in total. The number of phenols is 1. The number of aromatic carboxylic acids is 1. The molecule has 21 heavy (non-hydrogen) atoms. The van der Waals surface area contributed by atoms with Crippen molar-refractivity contribution >= 4 is 17.6 Å². The lowest BCUT2D eigenvalue weighted by molar-refractivity contribution is 0.0697. The number of anilines is 1. The number of amides is 1. The van der Waals surface area contributed by atoms with Crippen molar-refractivity contribution < 1.29 is 19.8 Å². The summed E-state index contributed by atoms with van der Waals surface area (Å²) in [5.74, 6) is -1.81. The van der Waals surface area contributed by atoms with E-state index in [9.17, 15) is 19.8 Å². The lowest BCUT2D eigenvalue weighted by Crippen LogP contribution is -2.15. The monoisotopic (exact) mass is 285 g/mol. The third-order valence-corrected chi connectivity index (χ3v) is 3.13. The van der Waals surface area contributed by atoms with E-state index in [4.69, 9.17) is 0 Å². The fourth-order valence-electron chi connectivity index (χ4n) is 2.08. The molecule has 0 bridgehead atoms. The molecule has 1 amide bonds. The predicted octanol–water partition coefficient (Wildman–Crippen LogP) is 2.96. The fourth-order valence-corrected chi connectivity index (χ4v) is 2.08. The molecule has 0 heterocycles. The Morgan fingerprint density at radius 2 is 1.81 bits per heavy atom. The third-order valence-electron chi connectivity index (χ3n) is 3.13. The van der Waals surface area contributed by atoms with Gasteiger partial charge < -0.3 is 15.5 Å². The third kappa shape index (κ3) is 3.02. The van der Waals surface area contributed by atoms with Crippen molar-refractivity contribution in [2.75, 3.05) is 5.32 Å². The number of aromatic hydroxyl groups is 1. The number of rotatable bonds is 3. The van der Waals surface area contributed by atoms with Crippen molar-refractivity contribution in [3.8, 4) is 5.75 Å². The summed E-state index contributed by atoms with van der Waals surface area (Å²) in [6, 6.07) is 9.50. The van der Waals surface area contributed by atoms with Crippen LogP contribution in [0, 0.1) is 13.8 Å². The zero-order valence-electron chi connectivity index (χ0n) is 11.7. The number of carboxylic acids is 1. The Hall–Kier alpha value is -2.82. The van der Waals surface area contributed by atoms with Gasteiger partial charge in [-0.1, -0.05) is 18.2 Å². The lowest BCUT2D eigenvalue weighted by Gasteiger charge is -2.11. The number of carboxylic acid groups (broad SMARTS) is 1. The Morgan fingerprint density at radius 1 is 1.10 bits per heavy atom. The molecule has 0 aliphatic carbocycles. The minimum absolute atomic E-state index is 0.0393.